The van der Waals surface area contributed by atoms with Crippen molar-refractivity contribution in [2.75, 3.05) is 0 Å². The summed E-state index contributed by atoms with van der Waals surface area (Å²) in [4.78, 5) is 44.1. The molecule has 2 rings (SSSR count). The van der Waals surface area contributed by atoms with Gasteiger partial charge in [0.1, 0.15) is 0 Å². The van der Waals surface area contributed by atoms with Crippen molar-refractivity contribution in [1.82, 2.24) is 0 Å². The van der Waals surface area contributed by atoms with Gasteiger partial charge in [-0.05, 0) is 47.9 Å². The van der Waals surface area contributed by atoms with E-state index in [9.17, 15) is 39.6 Å². The maximum Gasteiger partial charge on any atom is 0.0474 e. The third kappa shape index (κ3) is 13.3. The smallest absolute Gasteiger partial charge is 0.0474 e. The fraction of sp³-hybridized carbons (Fsp3) is 0.500. The number of hydrogen-bond donors (Lipinski definition) is 0. The monoisotopic (exact) mass is 758 g/mol. The number of hydrogen-bond acceptors (Lipinski definition) is 8. The molecule has 10 heteroatoms. The maximum atomic E-state index is 11.0. The van der Waals surface area contributed by atoms with E-state index in [1.807, 2.05) is 36.4 Å². The second-order valence-electron chi connectivity index (χ2n) is 13.0. The Hall–Kier alpha value is -2.43. The average molecular weight is 758 g/mol. The van der Waals surface area contributed by atoms with E-state index in [0.29, 0.717) is 25.7 Å². The van der Waals surface area contributed by atoms with Crippen LogP contribution < -0.4 is 20.4 Å². The Morgan fingerprint density at radius 2 is 0.619 bits per heavy atom. The van der Waals surface area contributed by atoms with Gasteiger partial charge in [-0.25, -0.2) is 0 Å². The Bertz CT molecular complexity index is 1050. The molecule has 0 atom stereocenters. The number of carboxylic acids is 4. The second-order valence-corrected chi connectivity index (χ2v) is 13.0. The van der Waals surface area contributed by atoms with Crippen molar-refractivity contribution in [3.63, 3.8) is 0 Å². The summed E-state index contributed by atoms with van der Waals surface area (Å²) < 4.78 is 0. The molecule has 0 saturated carbocycles. The van der Waals surface area contributed by atoms with Crippen molar-refractivity contribution < 1.29 is 78.6 Å². The third-order valence-corrected chi connectivity index (χ3v) is 6.78. The predicted octanol–water partition coefficient (Wildman–Crippen LogP) is 0.643. The van der Waals surface area contributed by atoms with Crippen molar-refractivity contribution in [2.24, 2.45) is 21.7 Å². The minimum atomic E-state index is -1.10. The Morgan fingerprint density at radius 1 is 0.452 bits per heavy atom. The van der Waals surface area contributed by atoms with Crippen LogP contribution in [0.2, 0.25) is 0 Å². The van der Waals surface area contributed by atoms with Crippen molar-refractivity contribution in [3.8, 4) is 0 Å². The molecule has 0 heterocycles. The van der Waals surface area contributed by atoms with Crippen molar-refractivity contribution in [3.05, 3.63) is 70.8 Å². The summed E-state index contributed by atoms with van der Waals surface area (Å²) in [5, 5.41) is 44.1. The first kappa shape index (κ1) is 41.7. The molecule has 0 saturated heterocycles. The van der Waals surface area contributed by atoms with Crippen LogP contribution >= 0.6 is 0 Å². The molecule has 2 aromatic carbocycles. The van der Waals surface area contributed by atoms with Crippen LogP contribution in [0.1, 0.15) is 77.6 Å². The normalized spacial score (nSPS) is 11.6. The second kappa shape index (κ2) is 16.4. The van der Waals surface area contributed by atoms with E-state index in [-0.39, 0.29) is 39.0 Å². The molecule has 0 aliphatic rings. The fourth-order valence-electron chi connectivity index (χ4n) is 4.03. The first-order chi connectivity index (χ1) is 18.1. The van der Waals surface area contributed by atoms with Crippen LogP contribution in [0.4, 0.5) is 0 Å². The van der Waals surface area contributed by atoms with Gasteiger partial charge in [-0.1, -0.05) is 104 Å². The van der Waals surface area contributed by atoms with Crippen LogP contribution in [-0.2, 0) is 83.8 Å². The van der Waals surface area contributed by atoms with Crippen LogP contribution in [0.25, 0.3) is 0 Å². The van der Waals surface area contributed by atoms with Crippen molar-refractivity contribution >= 4 is 23.9 Å². The van der Waals surface area contributed by atoms with Crippen LogP contribution in [0.5, 0.6) is 0 Å². The van der Waals surface area contributed by atoms with E-state index in [0.717, 1.165) is 22.3 Å². The van der Waals surface area contributed by atoms with E-state index in [4.69, 9.17) is 0 Å². The van der Waals surface area contributed by atoms with Crippen molar-refractivity contribution in [2.45, 2.75) is 81.1 Å². The molecule has 2 aromatic rings. The zero-order valence-electron chi connectivity index (χ0n) is 25.4. The molecule has 0 amide bonds. The fourth-order valence-corrected chi connectivity index (χ4v) is 4.03. The van der Waals surface area contributed by atoms with Gasteiger partial charge in [0.15, 0.2) is 0 Å². The Morgan fingerprint density at radius 3 is 0.762 bits per heavy atom. The molecule has 0 bridgehead atoms. The largest absolute Gasteiger partial charge is 0.550 e. The number of carbonyl (C=O) groups is 4. The Labute approximate surface area is 274 Å². The van der Waals surface area contributed by atoms with Crippen LogP contribution in [0, 0.1) is 21.7 Å². The summed E-state index contributed by atoms with van der Waals surface area (Å²) in [6.07, 6.45) is 1.37. The topological polar surface area (TPSA) is 161 Å². The van der Waals surface area contributed by atoms with Gasteiger partial charge in [-0.2, -0.15) is 0 Å². The molecule has 0 aromatic heterocycles. The molecule has 0 aliphatic heterocycles. The summed E-state index contributed by atoms with van der Waals surface area (Å²) in [5.74, 6) is -4.40. The number of rotatable bonds is 12. The molecular formula is C32H40O8Rh2-4. The Kier molecular flexibility index (Phi) is 16.3. The molecule has 2 radical (unpaired) electrons. The zero-order valence-corrected chi connectivity index (χ0v) is 28.7. The SMILES string of the molecule is CC(C)(Cc1cccc(CC(C)(C)C(=O)[O-])c1)C(=O)[O-].CC(C)(Cc1cccc(CC(C)(C)C(=O)[O-])c1)C(=O)[O-].[Rh].[Rh]. The van der Waals surface area contributed by atoms with Crippen LogP contribution in [0.15, 0.2) is 48.5 Å². The quantitative estimate of drug-likeness (QED) is 0.286. The van der Waals surface area contributed by atoms with Crippen LogP contribution in [-0.4, -0.2) is 23.9 Å². The molecular weight excluding hydrogens is 718 g/mol. The first-order valence-corrected chi connectivity index (χ1v) is 13.1. The minimum absolute atomic E-state index is 0. The summed E-state index contributed by atoms with van der Waals surface area (Å²) >= 11 is 0. The number of benzene rings is 2. The molecule has 42 heavy (non-hydrogen) atoms. The number of carbonyl (C=O) groups excluding carboxylic acids is 4. The van der Waals surface area contributed by atoms with E-state index in [2.05, 4.69) is 0 Å². The molecule has 0 N–H and O–H groups in total. The predicted molar refractivity (Wildman–Crippen MR) is 143 cm³/mol. The average Bonchev–Trinajstić information content (AvgIpc) is 2.78. The third-order valence-electron chi connectivity index (χ3n) is 6.78. The summed E-state index contributed by atoms with van der Waals surface area (Å²) in [6, 6.07) is 14.6. The van der Waals surface area contributed by atoms with Gasteiger partial charge in [-0.15, -0.1) is 0 Å². The first-order valence-electron chi connectivity index (χ1n) is 13.1. The van der Waals surface area contributed by atoms with E-state index in [1.165, 1.54) is 0 Å². The maximum absolute atomic E-state index is 11.0. The summed E-state index contributed by atoms with van der Waals surface area (Å²) in [5.41, 5.74) is -0.413. The number of carboxylic acid groups (broad SMARTS) is 4. The zero-order chi connectivity index (χ0) is 31.1. The van der Waals surface area contributed by atoms with E-state index < -0.39 is 45.5 Å². The molecule has 0 fully saturated rings. The molecule has 0 unspecified atom stereocenters. The molecule has 8 nitrogen and oxygen atoms in total. The molecule has 238 valence electrons. The van der Waals surface area contributed by atoms with Gasteiger partial charge in [0.25, 0.3) is 0 Å². The van der Waals surface area contributed by atoms with Gasteiger partial charge in [0.2, 0.25) is 0 Å². The summed E-state index contributed by atoms with van der Waals surface area (Å²) in [7, 11) is 0. The summed E-state index contributed by atoms with van der Waals surface area (Å²) in [6.45, 7) is 12.9. The van der Waals surface area contributed by atoms with E-state index in [1.54, 1.807) is 67.5 Å². The van der Waals surface area contributed by atoms with Gasteiger partial charge in [-0.3, -0.25) is 0 Å². The van der Waals surface area contributed by atoms with Crippen LogP contribution in [0.3, 0.4) is 0 Å². The standard InChI is InChI=1S/2C16H22O4.2Rh/c2*1-15(2,13(17)18)9-11-6-5-7-12(8-11)10-16(3,4)14(19)20;;/h2*5-8H,9-10H2,1-4H3,(H,17,18)(H,19,20);;/p-4. The molecule has 0 spiro atoms. The minimum Gasteiger partial charge on any atom is -0.550 e. The Balaban J connectivity index is 0. The van der Waals surface area contributed by atoms with E-state index >= 15 is 0 Å². The van der Waals surface area contributed by atoms with Gasteiger partial charge in [0, 0.05) is 84.5 Å². The van der Waals surface area contributed by atoms with Gasteiger partial charge < -0.3 is 39.6 Å². The van der Waals surface area contributed by atoms with Gasteiger partial charge in [0.05, 0.1) is 0 Å². The molecule has 0 aliphatic carbocycles. The van der Waals surface area contributed by atoms with Gasteiger partial charge >= 0.3 is 0 Å². The number of aliphatic carboxylic acids is 4. The van der Waals surface area contributed by atoms with Crippen molar-refractivity contribution in [1.29, 1.82) is 0 Å².